The molecule has 0 amide bonds. The van der Waals surface area contributed by atoms with Gasteiger partial charge in [0, 0.05) is 5.56 Å². The summed E-state index contributed by atoms with van der Waals surface area (Å²) in [5, 5.41) is 10.6. The van der Waals surface area contributed by atoms with E-state index in [4.69, 9.17) is 20.8 Å². The average Bonchev–Trinajstić information content (AvgIpc) is 2.85. The molecule has 2 heterocycles. The molecule has 0 spiro atoms. The number of rotatable bonds is 3. The van der Waals surface area contributed by atoms with Gasteiger partial charge in [0.05, 0.1) is 19.0 Å². The van der Waals surface area contributed by atoms with Crippen LogP contribution in [0.5, 0.6) is 5.75 Å². The molecule has 1 aliphatic rings. The molecule has 0 saturated heterocycles. The second kappa shape index (κ2) is 5.27. The zero-order valence-corrected chi connectivity index (χ0v) is 11.1. The summed E-state index contributed by atoms with van der Waals surface area (Å²) in [6.07, 6.45) is 2.42. The molecule has 0 fully saturated rings. The lowest BCUT2D eigenvalue weighted by Gasteiger charge is -2.27. The first kappa shape index (κ1) is 12.6. The molecule has 2 unspecified atom stereocenters. The Labute approximate surface area is 116 Å². The molecule has 2 atom stereocenters. The predicted molar refractivity (Wildman–Crippen MR) is 72.6 cm³/mol. The highest BCUT2D eigenvalue weighted by Gasteiger charge is 2.25. The van der Waals surface area contributed by atoms with Crippen molar-refractivity contribution in [1.29, 1.82) is 0 Å². The smallest absolute Gasteiger partial charge is 0.198 e. The lowest BCUT2D eigenvalue weighted by atomic mass is 9.87. The number of hydrogen-bond donors (Lipinski definition) is 1. The Morgan fingerprint density at radius 2 is 2.16 bits per heavy atom. The summed E-state index contributed by atoms with van der Waals surface area (Å²) >= 11 is 5.90. The van der Waals surface area contributed by atoms with Gasteiger partial charge in [0.2, 0.25) is 0 Å². The fourth-order valence-corrected chi connectivity index (χ4v) is 2.84. The second-order valence-electron chi connectivity index (χ2n) is 4.77. The number of para-hydroxylation sites is 1. The topological polar surface area (TPSA) is 42.6 Å². The maximum atomic E-state index is 10.3. The van der Waals surface area contributed by atoms with Gasteiger partial charge in [0.1, 0.15) is 5.75 Å². The van der Waals surface area contributed by atoms with Gasteiger partial charge in [0.15, 0.2) is 5.22 Å². The van der Waals surface area contributed by atoms with E-state index in [1.54, 1.807) is 6.07 Å². The van der Waals surface area contributed by atoms with E-state index in [-0.39, 0.29) is 11.1 Å². The third-order valence-electron chi connectivity index (χ3n) is 3.60. The molecule has 0 bridgehead atoms. The lowest BCUT2D eigenvalue weighted by Crippen LogP contribution is -2.16. The van der Waals surface area contributed by atoms with E-state index >= 15 is 0 Å². The van der Waals surface area contributed by atoms with E-state index in [0.717, 1.165) is 17.7 Å². The molecule has 1 aromatic heterocycles. The zero-order valence-electron chi connectivity index (χ0n) is 10.4. The van der Waals surface area contributed by atoms with Gasteiger partial charge in [-0.3, -0.25) is 0 Å². The average molecular weight is 279 g/mol. The van der Waals surface area contributed by atoms with Crippen molar-refractivity contribution >= 4 is 11.6 Å². The van der Waals surface area contributed by atoms with Crippen LogP contribution in [0.2, 0.25) is 5.22 Å². The minimum atomic E-state index is -0.609. The molecule has 4 heteroatoms. The van der Waals surface area contributed by atoms with E-state index in [1.165, 1.54) is 6.26 Å². The van der Waals surface area contributed by atoms with Gasteiger partial charge >= 0.3 is 0 Å². The van der Waals surface area contributed by atoms with Gasteiger partial charge in [-0.05, 0) is 48.1 Å². The Balaban J connectivity index is 1.80. The van der Waals surface area contributed by atoms with E-state index < -0.39 is 6.10 Å². The van der Waals surface area contributed by atoms with Gasteiger partial charge in [0.25, 0.3) is 0 Å². The molecule has 3 rings (SSSR count). The molecular formula is C15H15ClO3. The molecule has 1 aliphatic heterocycles. The van der Waals surface area contributed by atoms with E-state index in [1.807, 2.05) is 18.2 Å². The molecule has 100 valence electrons. The van der Waals surface area contributed by atoms with Crippen molar-refractivity contribution < 1.29 is 14.3 Å². The van der Waals surface area contributed by atoms with Crippen LogP contribution in [0.4, 0.5) is 0 Å². The summed E-state index contributed by atoms with van der Waals surface area (Å²) in [4.78, 5) is 0. The number of aliphatic hydroxyl groups is 1. The monoisotopic (exact) mass is 278 g/mol. The van der Waals surface area contributed by atoms with Gasteiger partial charge < -0.3 is 14.3 Å². The predicted octanol–water partition coefficient (Wildman–Crippen LogP) is 3.92. The number of ether oxygens (including phenoxy) is 1. The van der Waals surface area contributed by atoms with Crippen molar-refractivity contribution in [3.63, 3.8) is 0 Å². The number of aliphatic hydroxyl groups excluding tert-OH is 1. The fraction of sp³-hybridized carbons (Fsp3) is 0.333. The zero-order chi connectivity index (χ0) is 13.2. The number of hydrogen-bond acceptors (Lipinski definition) is 3. The van der Waals surface area contributed by atoms with Crippen LogP contribution in [-0.2, 0) is 0 Å². The van der Waals surface area contributed by atoms with Crippen molar-refractivity contribution in [2.75, 3.05) is 6.61 Å². The summed E-state index contributed by atoms with van der Waals surface area (Å²) < 4.78 is 10.6. The Bertz CT molecular complexity index is 564. The van der Waals surface area contributed by atoms with Crippen molar-refractivity contribution in [2.45, 2.75) is 24.9 Å². The Hall–Kier alpha value is -1.45. The summed E-state index contributed by atoms with van der Waals surface area (Å²) in [7, 11) is 0. The molecule has 3 nitrogen and oxygen atoms in total. The first-order valence-electron chi connectivity index (χ1n) is 6.38. The van der Waals surface area contributed by atoms with Crippen LogP contribution < -0.4 is 4.74 Å². The molecule has 2 aromatic rings. The van der Waals surface area contributed by atoms with Crippen LogP contribution in [0.15, 0.2) is 41.0 Å². The quantitative estimate of drug-likeness (QED) is 0.925. The summed E-state index contributed by atoms with van der Waals surface area (Å²) in [6, 6.07) is 9.71. The first-order chi connectivity index (χ1) is 9.25. The second-order valence-corrected chi connectivity index (χ2v) is 5.12. The largest absolute Gasteiger partial charge is 0.493 e. The molecule has 1 N–H and O–H groups in total. The normalized spacial score (nSPS) is 19.6. The molecule has 0 saturated carbocycles. The Morgan fingerprint density at radius 3 is 2.95 bits per heavy atom. The summed E-state index contributed by atoms with van der Waals surface area (Å²) in [5.41, 5.74) is 1.82. The number of fused-ring (bicyclic) bond motifs is 1. The van der Waals surface area contributed by atoms with Crippen LogP contribution in [0, 0.1) is 0 Å². The van der Waals surface area contributed by atoms with E-state index in [9.17, 15) is 5.11 Å². The first-order valence-corrected chi connectivity index (χ1v) is 6.76. The molecule has 0 aliphatic carbocycles. The van der Waals surface area contributed by atoms with Crippen LogP contribution in [0.3, 0.4) is 0 Å². The van der Waals surface area contributed by atoms with Crippen molar-refractivity contribution in [1.82, 2.24) is 0 Å². The number of furan rings is 1. The summed E-state index contributed by atoms with van der Waals surface area (Å²) in [6.45, 7) is 0.688. The van der Waals surface area contributed by atoms with Crippen LogP contribution >= 0.6 is 11.6 Å². The maximum Gasteiger partial charge on any atom is 0.198 e. The fourth-order valence-electron chi connectivity index (χ4n) is 2.60. The third kappa shape index (κ3) is 2.48. The SMILES string of the molecule is OC(CC1CCOc2ccccc21)c1ccoc1Cl. The van der Waals surface area contributed by atoms with E-state index in [0.29, 0.717) is 18.6 Å². The highest BCUT2D eigenvalue weighted by atomic mass is 35.5. The Kier molecular flexibility index (Phi) is 3.49. The highest BCUT2D eigenvalue weighted by Crippen LogP contribution is 2.39. The van der Waals surface area contributed by atoms with Crippen molar-refractivity contribution in [2.24, 2.45) is 0 Å². The minimum absolute atomic E-state index is 0.271. The number of benzene rings is 1. The van der Waals surface area contributed by atoms with Gasteiger partial charge in [-0.2, -0.15) is 0 Å². The van der Waals surface area contributed by atoms with Crippen LogP contribution in [0.1, 0.15) is 36.0 Å². The summed E-state index contributed by atoms with van der Waals surface area (Å²) in [5.74, 6) is 1.20. The molecular weight excluding hydrogens is 264 g/mol. The molecule has 1 aromatic carbocycles. The van der Waals surface area contributed by atoms with Crippen LogP contribution in [-0.4, -0.2) is 11.7 Å². The standard InChI is InChI=1S/C15H15ClO3/c16-15-12(6-8-19-15)13(17)9-10-5-7-18-14-4-2-1-3-11(10)14/h1-4,6,8,10,13,17H,5,7,9H2. The van der Waals surface area contributed by atoms with E-state index in [2.05, 4.69) is 6.07 Å². The van der Waals surface area contributed by atoms with Gasteiger partial charge in [-0.1, -0.05) is 18.2 Å². The van der Waals surface area contributed by atoms with Crippen LogP contribution in [0.25, 0.3) is 0 Å². The minimum Gasteiger partial charge on any atom is -0.493 e. The lowest BCUT2D eigenvalue weighted by molar-refractivity contribution is 0.144. The van der Waals surface area contributed by atoms with Gasteiger partial charge in [-0.15, -0.1) is 0 Å². The number of halogens is 1. The van der Waals surface area contributed by atoms with Crippen molar-refractivity contribution in [3.05, 3.63) is 52.9 Å². The van der Waals surface area contributed by atoms with Crippen molar-refractivity contribution in [3.8, 4) is 5.75 Å². The van der Waals surface area contributed by atoms with Gasteiger partial charge in [-0.25, -0.2) is 0 Å². The molecule has 19 heavy (non-hydrogen) atoms. The maximum absolute atomic E-state index is 10.3. The molecule has 0 radical (unpaired) electrons. The highest BCUT2D eigenvalue weighted by molar-refractivity contribution is 6.29. The third-order valence-corrected chi connectivity index (χ3v) is 3.90. The Morgan fingerprint density at radius 1 is 1.32 bits per heavy atom.